The van der Waals surface area contributed by atoms with Gasteiger partial charge in [0.15, 0.2) is 0 Å². The lowest BCUT2D eigenvalue weighted by atomic mass is 10.1. The molecule has 1 aliphatic rings. The van der Waals surface area contributed by atoms with E-state index in [1.165, 1.54) is 18.7 Å². The topological polar surface area (TPSA) is 26.7 Å². The van der Waals surface area contributed by atoms with Gasteiger partial charge in [0.05, 0.1) is 6.61 Å². The quantitative estimate of drug-likeness (QED) is 0.843. The second kappa shape index (κ2) is 8.06. The molecule has 0 aliphatic carbocycles. The highest BCUT2D eigenvalue weighted by Gasteiger charge is 2.15. The van der Waals surface area contributed by atoms with E-state index in [0.29, 0.717) is 6.42 Å². The van der Waals surface area contributed by atoms with Crippen LogP contribution in [0.15, 0.2) is 24.3 Å². The Morgan fingerprint density at radius 1 is 1.05 bits per heavy atom. The van der Waals surface area contributed by atoms with Gasteiger partial charge in [0.2, 0.25) is 0 Å². The molecule has 3 heteroatoms. The Morgan fingerprint density at radius 2 is 1.70 bits per heavy atom. The molecule has 1 aromatic rings. The molecule has 0 atom stereocenters. The summed E-state index contributed by atoms with van der Waals surface area (Å²) in [5, 5.41) is 8.70. The Labute approximate surface area is 122 Å². The molecule has 1 aromatic carbocycles. The minimum atomic E-state index is 0.134. The molecule has 0 saturated carbocycles. The standard InChI is InChI=1S/C17H24N2O/c1-2-18-10-12-19(13-11-18)15-17-8-6-16(7-9-17)5-3-4-14-20/h6-9,20H,2,4,10-15H2,1H3. The van der Waals surface area contributed by atoms with Gasteiger partial charge in [-0.1, -0.05) is 30.9 Å². The van der Waals surface area contributed by atoms with Gasteiger partial charge < -0.3 is 10.0 Å². The summed E-state index contributed by atoms with van der Waals surface area (Å²) < 4.78 is 0. The molecule has 1 N–H and O–H groups in total. The lowest BCUT2D eigenvalue weighted by Crippen LogP contribution is -2.45. The SMILES string of the molecule is CCN1CCN(Cc2ccc(C#CCCO)cc2)CC1. The van der Waals surface area contributed by atoms with Gasteiger partial charge in [-0.2, -0.15) is 0 Å². The van der Waals surface area contributed by atoms with Crippen LogP contribution in [0.25, 0.3) is 0 Å². The molecule has 0 unspecified atom stereocenters. The third kappa shape index (κ3) is 4.64. The summed E-state index contributed by atoms with van der Waals surface area (Å²) in [5.74, 6) is 6.01. The number of likely N-dealkylation sites (N-methyl/N-ethyl adjacent to an activating group) is 1. The molecule has 0 radical (unpaired) electrons. The molecular formula is C17H24N2O. The van der Waals surface area contributed by atoms with Crippen molar-refractivity contribution in [3.8, 4) is 11.8 Å². The van der Waals surface area contributed by atoms with E-state index in [4.69, 9.17) is 5.11 Å². The normalized spacial score (nSPS) is 16.7. The summed E-state index contributed by atoms with van der Waals surface area (Å²) in [5.41, 5.74) is 2.38. The Morgan fingerprint density at radius 3 is 2.30 bits per heavy atom. The van der Waals surface area contributed by atoms with Gasteiger partial charge in [-0.25, -0.2) is 0 Å². The highest BCUT2D eigenvalue weighted by molar-refractivity contribution is 5.36. The Bertz CT molecular complexity index is 450. The van der Waals surface area contributed by atoms with Gasteiger partial charge in [0.1, 0.15) is 0 Å². The summed E-state index contributed by atoms with van der Waals surface area (Å²) in [7, 11) is 0. The van der Waals surface area contributed by atoms with Crippen molar-refractivity contribution in [2.45, 2.75) is 19.9 Å². The molecule has 1 heterocycles. The number of hydrogen-bond donors (Lipinski definition) is 1. The summed E-state index contributed by atoms with van der Waals surface area (Å²) >= 11 is 0. The van der Waals surface area contributed by atoms with Crippen LogP contribution in [-0.2, 0) is 6.54 Å². The second-order valence-electron chi connectivity index (χ2n) is 5.18. The minimum absolute atomic E-state index is 0.134. The van der Waals surface area contributed by atoms with Gasteiger partial charge in [-0.15, -0.1) is 0 Å². The molecule has 1 aliphatic heterocycles. The Hall–Kier alpha value is -1.34. The van der Waals surface area contributed by atoms with Crippen molar-refractivity contribution in [2.75, 3.05) is 39.3 Å². The van der Waals surface area contributed by atoms with Crippen LogP contribution in [-0.4, -0.2) is 54.2 Å². The first-order chi connectivity index (χ1) is 9.81. The summed E-state index contributed by atoms with van der Waals surface area (Å²) in [6, 6.07) is 8.47. The Balaban J connectivity index is 1.84. The highest BCUT2D eigenvalue weighted by Crippen LogP contribution is 2.09. The lowest BCUT2D eigenvalue weighted by molar-refractivity contribution is 0.132. The molecule has 1 fully saturated rings. The van der Waals surface area contributed by atoms with E-state index in [0.717, 1.165) is 31.7 Å². The van der Waals surface area contributed by atoms with Crippen molar-refractivity contribution < 1.29 is 5.11 Å². The highest BCUT2D eigenvalue weighted by atomic mass is 16.2. The fraction of sp³-hybridized carbons (Fsp3) is 0.529. The number of piperazine rings is 1. The van der Waals surface area contributed by atoms with E-state index in [9.17, 15) is 0 Å². The smallest absolute Gasteiger partial charge is 0.0540 e. The van der Waals surface area contributed by atoms with Gasteiger partial charge in [-0.05, 0) is 24.2 Å². The summed E-state index contributed by atoms with van der Waals surface area (Å²) in [6.45, 7) is 9.23. The van der Waals surface area contributed by atoms with Crippen molar-refractivity contribution in [1.29, 1.82) is 0 Å². The molecule has 0 bridgehead atoms. The van der Waals surface area contributed by atoms with E-state index in [1.54, 1.807) is 0 Å². The number of benzene rings is 1. The zero-order chi connectivity index (χ0) is 14.2. The maximum Gasteiger partial charge on any atom is 0.0540 e. The zero-order valence-corrected chi connectivity index (χ0v) is 12.3. The average Bonchev–Trinajstić information content (AvgIpc) is 2.50. The third-order valence-electron chi connectivity index (χ3n) is 3.74. The number of aliphatic hydroxyl groups is 1. The first-order valence-electron chi connectivity index (χ1n) is 7.45. The van der Waals surface area contributed by atoms with E-state index in [1.807, 2.05) is 0 Å². The summed E-state index contributed by atoms with van der Waals surface area (Å²) in [6.07, 6.45) is 0.545. The largest absolute Gasteiger partial charge is 0.395 e. The van der Waals surface area contributed by atoms with Crippen molar-refractivity contribution >= 4 is 0 Å². The maximum atomic E-state index is 8.70. The fourth-order valence-electron chi connectivity index (χ4n) is 2.44. The Kier molecular flexibility index (Phi) is 6.07. The van der Waals surface area contributed by atoms with Crippen LogP contribution in [0.2, 0.25) is 0 Å². The fourth-order valence-corrected chi connectivity index (χ4v) is 2.44. The van der Waals surface area contributed by atoms with E-state index < -0.39 is 0 Å². The molecule has 0 spiro atoms. The number of aliphatic hydroxyl groups excluding tert-OH is 1. The van der Waals surface area contributed by atoms with Crippen molar-refractivity contribution in [3.05, 3.63) is 35.4 Å². The predicted octanol–water partition coefficient (Wildman–Crippen LogP) is 1.56. The van der Waals surface area contributed by atoms with Crippen LogP contribution >= 0.6 is 0 Å². The van der Waals surface area contributed by atoms with Crippen molar-refractivity contribution in [1.82, 2.24) is 9.80 Å². The maximum absolute atomic E-state index is 8.70. The number of hydrogen-bond acceptors (Lipinski definition) is 3. The van der Waals surface area contributed by atoms with E-state index >= 15 is 0 Å². The van der Waals surface area contributed by atoms with Crippen LogP contribution in [0.1, 0.15) is 24.5 Å². The molecular weight excluding hydrogens is 248 g/mol. The second-order valence-corrected chi connectivity index (χ2v) is 5.18. The van der Waals surface area contributed by atoms with Gasteiger partial charge in [-0.3, -0.25) is 4.90 Å². The van der Waals surface area contributed by atoms with Crippen LogP contribution in [0.4, 0.5) is 0 Å². The molecule has 2 rings (SSSR count). The van der Waals surface area contributed by atoms with Crippen molar-refractivity contribution in [2.24, 2.45) is 0 Å². The van der Waals surface area contributed by atoms with Gasteiger partial charge in [0, 0.05) is 44.7 Å². The van der Waals surface area contributed by atoms with Crippen LogP contribution < -0.4 is 0 Å². The minimum Gasteiger partial charge on any atom is -0.395 e. The average molecular weight is 272 g/mol. The lowest BCUT2D eigenvalue weighted by Gasteiger charge is -2.34. The van der Waals surface area contributed by atoms with E-state index in [2.05, 4.69) is 52.8 Å². The van der Waals surface area contributed by atoms with E-state index in [-0.39, 0.29) is 6.61 Å². The zero-order valence-electron chi connectivity index (χ0n) is 12.3. The molecule has 3 nitrogen and oxygen atoms in total. The van der Waals surface area contributed by atoms with Crippen LogP contribution in [0, 0.1) is 11.8 Å². The summed E-state index contributed by atoms with van der Waals surface area (Å²) in [4.78, 5) is 5.01. The third-order valence-corrected chi connectivity index (χ3v) is 3.74. The molecule has 0 aromatic heterocycles. The molecule has 20 heavy (non-hydrogen) atoms. The number of rotatable bonds is 4. The van der Waals surface area contributed by atoms with Gasteiger partial charge in [0.25, 0.3) is 0 Å². The predicted molar refractivity (Wildman–Crippen MR) is 82.4 cm³/mol. The molecule has 0 amide bonds. The van der Waals surface area contributed by atoms with Crippen LogP contribution in [0.5, 0.6) is 0 Å². The molecule has 108 valence electrons. The first-order valence-corrected chi connectivity index (χ1v) is 7.45. The van der Waals surface area contributed by atoms with Crippen molar-refractivity contribution in [3.63, 3.8) is 0 Å². The van der Waals surface area contributed by atoms with Gasteiger partial charge >= 0.3 is 0 Å². The number of nitrogens with zero attached hydrogens (tertiary/aromatic N) is 2. The monoisotopic (exact) mass is 272 g/mol. The molecule has 1 saturated heterocycles. The van der Waals surface area contributed by atoms with Crippen LogP contribution in [0.3, 0.4) is 0 Å². The first kappa shape index (κ1) is 15.1.